The summed E-state index contributed by atoms with van der Waals surface area (Å²) in [5.41, 5.74) is -0.266. The number of alkyl halides is 3. The molecule has 0 saturated carbocycles. The van der Waals surface area contributed by atoms with Crippen LogP contribution >= 0.6 is 23.4 Å². The molecule has 134 valence electrons. The van der Waals surface area contributed by atoms with Crippen molar-refractivity contribution in [2.24, 2.45) is 0 Å². The number of thioether (sulfide) groups is 1. The largest absolute Gasteiger partial charge is 0.433 e. The Kier molecular flexibility index (Phi) is 5.01. The molecule has 0 radical (unpaired) electrons. The van der Waals surface area contributed by atoms with Crippen LogP contribution < -0.4 is 0 Å². The molecule has 0 unspecified atom stereocenters. The van der Waals surface area contributed by atoms with Gasteiger partial charge in [0.25, 0.3) is 11.1 Å². The van der Waals surface area contributed by atoms with Gasteiger partial charge in [-0.3, -0.25) is 4.79 Å². The van der Waals surface area contributed by atoms with Gasteiger partial charge in [-0.05, 0) is 43.3 Å². The van der Waals surface area contributed by atoms with Crippen molar-refractivity contribution in [1.82, 2.24) is 15.2 Å². The molecule has 3 aromatic rings. The molecule has 2 heterocycles. The van der Waals surface area contributed by atoms with E-state index in [2.05, 4.69) is 15.2 Å². The molecular formula is C16H9ClF3N3O2S. The summed E-state index contributed by atoms with van der Waals surface area (Å²) >= 11 is 6.48. The SMILES string of the molecule is Cc1nc(C(F)(F)F)ccc1-c1nnc(SC(=O)c2ccc(Cl)cc2)o1. The van der Waals surface area contributed by atoms with Gasteiger partial charge >= 0.3 is 6.18 Å². The van der Waals surface area contributed by atoms with Crippen LogP contribution in [0.5, 0.6) is 0 Å². The van der Waals surface area contributed by atoms with Crippen molar-refractivity contribution in [3.05, 3.63) is 58.4 Å². The molecule has 0 aliphatic heterocycles. The average Bonchev–Trinajstić information content (AvgIpc) is 3.02. The average molecular weight is 400 g/mol. The zero-order valence-electron chi connectivity index (χ0n) is 13.0. The van der Waals surface area contributed by atoms with Gasteiger partial charge in [0, 0.05) is 22.3 Å². The van der Waals surface area contributed by atoms with Crippen LogP contribution in [0.4, 0.5) is 13.2 Å². The molecule has 0 aliphatic carbocycles. The molecule has 0 amide bonds. The number of nitrogens with zero attached hydrogens (tertiary/aromatic N) is 3. The number of aryl methyl sites for hydroxylation is 1. The lowest BCUT2D eigenvalue weighted by molar-refractivity contribution is -0.141. The Bertz CT molecular complexity index is 958. The van der Waals surface area contributed by atoms with E-state index < -0.39 is 11.9 Å². The monoisotopic (exact) mass is 399 g/mol. The molecule has 10 heteroatoms. The van der Waals surface area contributed by atoms with Crippen LogP contribution in [-0.2, 0) is 6.18 Å². The van der Waals surface area contributed by atoms with Crippen molar-refractivity contribution in [1.29, 1.82) is 0 Å². The lowest BCUT2D eigenvalue weighted by atomic mass is 10.2. The van der Waals surface area contributed by atoms with Crippen molar-refractivity contribution in [2.45, 2.75) is 18.3 Å². The third-order valence-corrected chi connectivity index (χ3v) is 4.29. The lowest BCUT2D eigenvalue weighted by Crippen LogP contribution is -2.08. The highest BCUT2D eigenvalue weighted by Gasteiger charge is 2.33. The number of carbonyl (C=O) groups is 1. The van der Waals surface area contributed by atoms with Crippen LogP contribution in [0.1, 0.15) is 21.7 Å². The fourth-order valence-electron chi connectivity index (χ4n) is 2.03. The molecule has 5 nitrogen and oxygen atoms in total. The number of carbonyl (C=O) groups excluding carboxylic acids is 1. The van der Waals surface area contributed by atoms with E-state index in [9.17, 15) is 18.0 Å². The summed E-state index contributed by atoms with van der Waals surface area (Å²) in [6.07, 6.45) is -4.54. The molecule has 1 aromatic carbocycles. The maximum absolute atomic E-state index is 12.7. The number of pyridine rings is 1. The van der Waals surface area contributed by atoms with E-state index in [0.717, 1.165) is 6.07 Å². The highest BCUT2D eigenvalue weighted by molar-refractivity contribution is 8.14. The van der Waals surface area contributed by atoms with Crippen molar-refractivity contribution in [3.8, 4) is 11.5 Å². The zero-order valence-corrected chi connectivity index (χ0v) is 14.6. The molecule has 3 rings (SSSR count). The lowest BCUT2D eigenvalue weighted by Gasteiger charge is -2.07. The Morgan fingerprint density at radius 2 is 1.81 bits per heavy atom. The molecule has 0 N–H and O–H groups in total. The third-order valence-electron chi connectivity index (χ3n) is 3.27. The Morgan fingerprint density at radius 1 is 1.12 bits per heavy atom. The van der Waals surface area contributed by atoms with E-state index in [1.165, 1.54) is 13.0 Å². The third kappa shape index (κ3) is 4.05. The smallest absolute Gasteiger partial charge is 0.411 e. The van der Waals surface area contributed by atoms with Gasteiger partial charge in [0.05, 0.1) is 11.3 Å². The van der Waals surface area contributed by atoms with Gasteiger partial charge in [-0.15, -0.1) is 10.2 Å². The van der Waals surface area contributed by atoms with Crippen LogP contribution in [0.3, 0.4) is 0 Å². The minimum atomic E-state index is -4.54. The summed E-state index contributed by atoms with van der Waals surface area (Å²) in [4.78, 5) is 15.7. The molecule has 2 aromatic heterocycles. The first-order valence-electron chi connectivity index (χ1n) is 7.10. The Balaban J connectivity index is 1.79. The molecular weight excluding hydrogens is 391 g/mol. The van der Waals surface area contributed by atoms with Crippen molar-refractivity contribution >= 4 is 28.5 Å². The van der Waals surface area contributed by atoms with Crippen LogP contribution in [0.25, 0.3) is 11.5 Å². The van der Waals surface area contributed by atoms with Crippen molar-refractivity contribution < 1.29 is 22.4 Å². The van der Waals surface area contributed by atoms with Crippen LogP contribution in [0.15, 0.2) is 46.0 Å². The van der Waals surface area contributed by atoms with Crippen LogP contribution in [0.2, 0.25) is 5.02 Å². The summed E-state index contributed by atoms with van der Waals surface area (Å²) in [7, 11) is 0. The van der Waals surface area contributed by atoms with Gasteiger partial charge in [-0.1, -0.05) is 11.6 Å². The topological polar surface area (TPSA) is 68.9 Å². The molecule has 0 spiro atoms. The van der Waals surface area contributed by atoms with Crippen LogP contribution in [0, 0.1) is 6.92 Å². The Hall–Kier alpha value is -2.39. The Morgan fingerprint density at radius 3 is 2.42 bits per heavy atom. The fraction of sp³-hybridized carbons (Fsp3) is 0.125. The zero-order chi connectivity index (χ0) is 18.9. The summed E-state index contributed by atoms with van der Waals surface area (Å²) < 4.78 is 43.4. The summed E-state index contributed by atoms with van der Waals surface area (Å²) in [6, 6.07) is 8.29. The van der Waals surface area contributed by atoms with E-state index >= 15 is 0 Å². The fourth-order valence-corrected chi connectivity index (χ4v) is 2.77. The van der Waals surface area contributed by atoms with E-state index in [1.54, 1.807) is 24.3 Å². The Labute approximate surface area is 154 Å². The molecule has 0 saturated heterocycles. The second-order valence-corrected chi connectivity index (χ2v) is 6.46. The maximum Gasteiger partial charge on any atom is 0.433 e. The number of hydrogen-bond donors (Lipinski definition) is 0. The highest BCUT2D eigenvalue weighted by Crippen LogP contribution is 2.31. The number of benzene rings is 1. The number of rotatable bonds is 3. The first kappa shape index (κ1) is 18.4. The van der Waals surface area contributed by atoms with Crippen LogP contribution in [-0.4, -0.2) is 20.3 Å². The van der Waals surface area contributed by atoms with E-state index in [4.69, 9.17) is 16.0 Å². The first-order chi connectivity index (χ1) is 12.2. The van der Waals surface area contributed by atoms with Gasteiger partial charge in [0.15, 0.2) is 0 Å². The number of aromatic nitrogens is 3. The van der Waals surface area contributed by atoms with Gasteiger partial charge in [0.2, 0.25) is 5.12 Å². The molecule has 0 atom stereocenters. The molecule has 0 aliphatic rings. The summed E-state index contributed by atoms with van der Waals surface area (Å²) in [5, 5.41) is 7.64. The van der Waals surface area contributed by atoms with E-state index in [-0.39, 0.29) is 27.5 Å². The summed E-state index contributed by atoms with van der Waals surface area (Å²) in [5.74, 6) is -0.0184. The summed E-state index contributed by atoms with van der Waals surface area (Å²) in [6.45, 7) is 1.40. The number of hydrogen-bond acceptors (Lipinski definition) is 6. The van der Waals surface area contributed by atoms with Gasteiger partial charge in [-0.2, -0.15) is 13.2 Å². The highest BCUT2D eigenvalue weighted by atomic mass is 35.5. The van der Waals surface area contributed by atoms with Crippen molar-refractivity contribution in [2.75, 3.05) is 0 Å². The van der Waals surface area contributed by atoms with Gasteiger partial charge in [-0.25, -0.2) is 4.98 Å². The maximum atomic E-state index is 12.7. The first-order valence-corrected chi connectivity index (χ1v) is 8.30. The predicted molar refractivity (Wildman–Crippen MR) is 88.9 cm³/mol. The van der Waals surface area contributed by atoms with E-state index in [0.29, 0.717) is 22.3 Å². The minimum absolute atomic E-state index is 0.0184. The quantitative estimate of drug-likeness (QED) is 0.574. The number of halogens is 4. The second-order valence-electron chi connectivity index (χ2n) is 5.10. The molecule has 0 fully saturated rings. The van der Waals surface area contributed by atoms with Crippen molar-refractivity contribution in [3.63, 3.8) is 0 Å². The predicted octanol–water partition coefficient (Wildman–Crippen LogP) is 5.04. The van der Waals surface area contributed by atoms with Gasteiger partial charge in [0.1, 0.15) is 5.69 Å². The minimum Gasteiger partial charge on any atom is -0.411 e. The standard InChI is InChI=1S/C16H9ClF3N3O2S/c1-8-11(6-7-12(21-8)16(18,19)20)13-22-23-15(25-13)26-14(24)9-2-4-10(17)5-3-9/h2-7H,1H3. The molecule has 0 bridgehead atoms. The normalized spacial score (nSPS) is 11.6. The molecule has 26 heavy (non-hydrogen) atoms. The van der Waals surface area contributed by atoms with Gasteiger partial charge < -0.3 is 4.42 Å². The second kappa shape index (κ2) is 7.08. The van der Waals surface area contributed by atoms with E-state index in [1.807, 2.05) is 0 Å².